The van der Waals surface area contributed by atoms with Crippen LogP contribution in [0.25, 0.3) is 10.9 Å². The largest absolute Gasteiger partial charge is 0.325 e. The van der Waals surface area contributed by atoms with Crippen molar-refractivity contribution in [3.05, 3.63) is 42.1 Å². The van der Waals surface area contributed by atoms with Crippen LogP contribution in [0.5, 0.6) is 0 Å². The SMILES string of the molecule is CCCN(CC#N)C(=O)c1cccc2cccnc12. The molecule has 1 aromatic carbocycles. The molecule has 0 saturated heterocycles. The third-order valence-electron chi connectivity index (χ3n) is 2.91. The number of amides is 1. The predicted octanol–water partition coefficient (Wildman–Crippen LogP) is 2.61. The molecule has 1 aromatic heterocycles. The molecule has 1 amide bonds. The van der Waals surface area contributed by atoms with E-state index < -0.39 is 0 Å². The van der Waals surface area contributed by atoms with Gasteiger partial charge in [-0.25, -0.2) is 0 Å². The van der Waals surface area contributed by atoms with Crippen LogP contribution in [0.4, 0.5) is 0 Å². The number of pyridine rings is 1. The molecular formula is C15H15N3O. The minimum absolute atomic E-state index is 0.107. The van der Waals surface area contributed by atoms with E-state index in [9.17, 15) is 4.79 Å². The fourth-order valence-corrected chi connectivity index (χ4v) is 2.05. The first-order valence-corrected chi connectivity index (χ1v) is 6.28. The second kappa shape index (κ2) is 5.96. The molecule has 0 unspecified atom stereocenters. The van der Waals surface area contributed by atoms with Gasteiger partial charge >= 0.3 is 0 Å². The van der Waals surface area contributed by atoms with Crippen LogP contribution in [0.1, 0.15) is 23.7 Å². The lowest BCUT2D eigenvalue weighted by Crippen LogP contribution is -2.32. The summed E-state index contributed by atoms with van der Waals surface area (Å²) in [6.45, 7) is 2.67. The molecule has 0 aliphatic heterocycles. The van der Waals surface area contributed by atoms with E-state index in [1.165, 1.54) is 0 Å². The highest BCUT2D eigenvalue weighted by atomic mass is 16.2. The number of carbonyl (C=O) groups excluding carboxylic acids is 1. The number of benzene rings is 1. The monoisotopic (exact) mass is 253 g/mol. The highest BCUT2D eigenvalue weighted by Crippen LogP contribution is 2.17. The number of carbonyl (C=O) groups is 1. The van der Waals surface area contributed by atoms with Gasteiger partial charge in [-0.05, 0) is 18.6 Å². The van der Waals surface area contributed by atoms with E-state index in [1.54, 1.807) is 17.2 Å². The summed E-state index contributed by atoms with van der Waals surface area (Å²) in [5.74, 6) is -0.132. The minimum atomic E-state index is -0.132. The van der Waals surface area contributed by atoms with Crippen molar-refractivity contribution in [2.75, 3.05) is 13.1 Å². The average molecular weight is 253 g/mol. The van der Waals surface area contributed by atoms with Crippen LogP contribution in [0.2, 0.25) is 0 Å². The second-order valence-corrected chi connectivity index (χ2v) is 4.27. The number of nitrogens with zero attached hydrogens (tertiary/aromatic N) is 3. The second-order valence-electron chi connectivity index (χ2n) is 4.27. The van der Waals surface area contributed by atoms with E-state index in [2.05, 4.69) is 4.98 Å². The Labute approximate surface area is 112 Å². The van der Waals surface area contributed by atoms with E-state index in [0.29, 0.717) is 17.6 Å². The summed E-state index contributed by atoms with van der Waals surface area (Å²) in [4.78, 5) is 18.3. The molecule has 4 heteroatoms. The first kappa shape index (κ1) is 13.0. The van der Waals surface area contributed by atoms with E-state index >= 15 is 0 Å². The van der Waals surface area contributed by atoms with Crippen molar-refractivity contribution in [1.82, 2.24) is 9.88 Å². The number of aromatic nitrogens is 1. The quantitative estimate of drug-likeness (QED) is 0.787. The number of rotatable bonds is 4. The maximum Gasteiger partial charge on any atom is 0.256 e. The lowest BCUT2D eigenvalue weighted by Gasteiger charge is -2.19. The van der Waals surface area contributed by atoms with Gasteiger partial charge in [-0.2, -0.15) is 5.26 Å². The third-order valence-corrected chi connectivity index (χ3v) is 2.91. The summed E-state index contributed by atoms with van der Waals surface area (Å²) in [6.07, 6.45) is 2.50. The Morgan fingerprint density at radius 1 is 1.37 bits per heavy atom. The third kappa shape index (κ3) is 2.71. The van der Waals surface area contributed by atoms with Crippen molar-refractivity contribution < 1.29 is 4.79 Å². The molecule has 96 valence electrons. The lowest BCUT2D eigenvalue weighted by atomic mass is 10.1. The van der Waals surface area contributed by atoms with Gasteiger partial charge in [-0.3, -0.25) is 9.78 Å². The highest BCUT2D eigenvalue weighted by molar-refractivity contribution is 6.05. The number of para-hydroxylation sites is 1. The summed E-state index contributed by atoms with van der Waals surface area (Å²) in [5.41, 5.74) is 1.25. The Morgan fingerprint density at radius 3 is 2.89 bits per heavy atom. The zero-order chi connectivity index (χ0) is 13.7. The minimum Gasteiger partial charge on any atom is -0.325 e. The molecule has 0 atom stereocenters. The van der Waals surface area contributed by atoms with E-state index in [0.717, 1.165) is 11.8 Å². The Balaban J connectivity index is 2.43. The van der Waals surface area contributed by atoms with Gasteiger partial charge in [0.1, 0.15) is 6.54 Å². The molecule has 2 rings (SSSR count). The van der Waals surface area contributed by atoms with Crippen molar-refractivity contribution in [1.29, 1.82) is 5.26 Å². The van der Waals surface area contributed by atoms with E-state index in [1.807, 2.05) is 37.3 Å². The van der Waals surface area contributed by atoms with Crippen LogP contribution in [-0.4, -0.2) is 28.9 Å². The van der Waals surface area contributed by atoms with Crippen molar-refractivity contribution in [2.45, 2.75) is 13.3 Å². The van der Waals surface area contributed by atoms with Crippen LogP contribution in [-0.2, 0) is 0 Å². The van der Waals surface area contributed by atoms with Crippen molar-refractivity contribution in [3.8, 4) is 6.07 Å². The predicted molar refractivity (Wildman–Crippen MR) is 73.6 cm³/mol. The van der Waals surface area contributed by atoms with Crippen LogP contribution in [0.15, 0.2) is 36.5 Å². The maximum absolute atomic E-state index is 12.5. The zero-order valence-corrected chi connectivity index (χ0v) is 10.8. The van der Waals surface area contributed by atoms with Crippen molar-refractivity contribution in [3.63, 3.8) is 0 Å². The van der Waals surface area contributed by atoms with Gasteiger partial charge in [-0.1, -0.05) is 25.1 Å². The van der Waals surface area contributed by atoms with Gasteiger partial charge in [-0.15, -0.1) is 0 Å². The zero-order valence-electron chi connectivity index (χ0n) is 10.8. The average Bonchev–Trinajstić information content (AvgIpc) is 2.46. The first-order valence-electron chi connectivity index (χ1n) is 6.28. The Bertz CT molecular complexity index is 625. The fraction of sp³-hybridized carbons (Fsp3) is 0.267. The molecule has 0 radical (unpaired) electrons. The van der Waals surface area contributed by atoms with Crippen LogP contribution >= 0.6 is 0 Å². The molecule has 0 N–H and O–H groups in total. The van der Waals surface area contributed by atoms with E-state index in [4.69, 9.17) is 5.26 Å². The Morgan fingerprint density at radius 2 is 2.16 bits per heavy atom. The molecule has 2 aromatic rings. The summed E-state index contributed by atoms with van der Waals surface area (Å²) in [6, 6.07) is 11.3. The van der Waals surface area contributed by atoms with Crippen molar-refractivity contribution in [2.24, 2.45) is 0 Å². The molecule has 1 heterocycles. The molecule has 0 saturated carbocycles. The summed E-state index contributed by atoms with van der Waals surface area (Å²) < 4.78 is 0. The lowest BCUT2D eigenvalue weighted by molar-refractivity contribution is 0.0778. The Hall–Kier alpha value is -2.41. The topological polar surface area (TPSA) is 57.0 Å². The normalized spacial score (nSPS) is 10.1. The standard InChI is InChI=1S/C15H15N3O/c1-2-10-18(11-8-16)15(19)13-7-3-5-12-6-4-9-17-14(12)13/h3-7,9H,2,10-11H2,1H3. The Kier molecular flexibility index (Phi) is 4.09. The molecule has 4 nitrogen and oxygen atoms in total. The van der Waals surface area contributed by atoms with Crippen LogP contribution in [0, 0.1) is 11.3 Å². The van der Waals surface area contributed by atoms with Crippen molar-refractivity contribution >= 4 is 16.8 Å². The number of hydrogen-bond donors (Lipinski definition) is 0. The molecule has 0 aliphatic carbocycles. The molecule has 0 bridgehead atoms. The van der Waals surface area contributed by atoms with Gasteiger partial charge < -0.3 is 4.90 Å². The smallest absolute Gasteiger partial charge is 0.256 e. The fourth-order valence-electron chi connectivity index (χ4n) is 2.05. The van der Waals surface area contributed by atoms with Gasteiger partial charge in [0.2, 0.25) is 0 Å². The molecule has 0 spiro atoms. The molecule has 0 fully saturated rings. The summed E-state index contributed by atoms with van der Waals surface area (Å²) >= 11 is 0. The molecule has 19 heavy (non-hydrogen) atoms. The number of nitriles is 1. The number of fused-ring (bicyclic) bond motifs is 1. The number of hydrogen-bond acceptors (Lipinski definition) is 3. The van der Waals surface area contributed by atoms with Gasteiger partial charge in [0, 0.05) is 18.1 Å². The van der Waals surface area contributed by atoms with Gasteiger partial charge in [0.15, 0.2) is 0 Å². The van der Waals surface area contributed by atoms with Crippen LogP contribution in [0.3, 0.4) is 0 Å². The maximum atomic E-state index is 12.5. The molecular weight excluding hydrogens is 238 g/mol. The van der Waals surface area contributed by atoms with Crippen LogP contribution < -0.4 is 0 Å². The molecule has 0 aliphatic rings. The summed E-state index contributed by atoms with van der Waals surface area (Å²) in [7, 11) is 0. The summed E-state index contributed by atoms with van der Waals surface area (Å²) in [5, 5.41) is 9.75. The van der Waals surface area contributed by atoms with Gasteiger partial charge in [0.25, 0.3) is 5.91 Å². The first-order chi connectivity index (χ1) is 9.27. The van der Waals surface area contributed by atoms with E-state index in [-0.39, 0.29) is 12.5 Å². The van der Waals surface area contributed by atoms with Gasteiger partial charge in [0.05, 0.1) is 17.1 Å². The highest BCUT2D eigenvalue weighted by Gasteiger charge is 2.17.